The Balaban J connectivity index is 1.09. The molecule has 280 valence electrons. The Kier molecular flexibility index (Phi) is 14.5. The second kappa shape index (κ2) is 18.1. The molecule has 20 heteroatoms. The van der Waals surface area contributed by atoms with E-state index in [-0.39, 0.29) is 19.6 Å². The number of nitrogens with zero attached hydrogens (tertiary/aromatic N) is 1. The van der Waals surface area contributed by atoms with Crippen molar-refractivity contribution in [2.75, 3.05) is 33.0 Å². The molecular formula is C29H47N3O17. The number of aromatic nitrogens is 2. The molecule has 0 radical (unpaired) electrons. The Labute approximate surface area is 279 Å². The fourth-order valence-electron chi connectivity index (χ4n) is 5.71. The zero-order chi connectivity index (χ0) is 35.8. The number of aliphatic hydroxyl groups excluding tert-OH is 8. The van der Waals surface area contributed by atoms with Gasteiger partial charge in [0.2, 0.25) is 0 Å². The molecule has 3 saturated heterocycles. The van der Waals surface area contributed by atoms with E-state index in [1.165, 1.54) is 17.7 Å². The van der Waals surface area contributed by atoms with E-state index in [0.29, 0.717) is 37.8 Å². The number of hydrogen-bond acceptors (Lipinski definition) is 17. The zero-order valence-electron chi connectivity index (χ0n) is 26.9. The number of alkyl carbamates (subject to hydrolysis) is 1. The summed E-state index contributed by atoms with van der Waals surface area (Å²) >= 11 is 0. The molecule has 0 aromatic carbocycles. The van der Waals surface area contributed by atoms with Crippen LogP contribution in [-0.4, -0.2) is 163 Å². The predicted octanol–water partition coefficient (Wildman–Crippen LogP) is -4.58. The van der Waals surface area contributed by atoms with Crippen LogP contribution in [0.2, 0.25) is 0 Å². The Morgan fingerprint density at radius 2 is 1.55 bits per heavy atom. The first-order valence-corrected chi connectivity index (χ1v) is 16.1. The zero-order valence-corrected chi connectivity index (χ0v) is 26.9. The third-order valence-corrected chi connectivity index (χ3v) is 8.62. The van der Waals surface area contributed by atoms with Gasteiger partial charge in [-0.05, 0) is 19.8 Å². The van der Waals surface area contributed by atoms with Gasteiger partial charge < -0.3 is 74.6 Å². The lowest BCUT2D eigenvalue weighted by Gasteiger charge is -2.45. The Hall–Kier alpha value is -2.57. The van der Waals surface area contributed by atoms with Crippen LogP contribution >= 0.6 is 0 Å². The molecule has 1 amide bonds. The molecule has 3 aliphatic rings. The number of aromatic amines is 1. The van der Waals surface area contributed by atoms with E-state index in [1.807, 2.05) is 0 Å². The van der Waals surface area contributed by atoms with Crippen molar-refractivity contribution in [3.8, 4) is 0 Å². The van der Waals surface area contributed by atoms with Crippen molar-refractivity contribution in [1.82, 2.24) is 14.9 Å². The van der Waals surface area contributed by atoms with E-state index in [4.69, 9.17) is 28.4 Å². The van der Waals surface area contributed by atoms with Gasteiger partial charge in [0.1, 0.15) is 67.8 Å². The fraction of sp³-hybridized carbons (Fsp3) is 0.828. The molecule has 0 unspecified atom stereocenters. The molecule has 13 atom stereocenters. The summed E-state index contributed by atoms with van der Waals surface area (Å²) in [5.74, 6) is 0. The fourth-order valence-corrected chi connectivity index (χ4v) is 5.71. The predicted molar refractivity (Wildman–Crippen MR) is 161 cm³/mol. The molecule has 4 rings (SSSR count). The molecule has 0 aliphatic carbocycles. The summed E-state index contributed by atoms with van der Waals surface area (Å²) in [6.07, 6.45) is -14.8. The SMILES string of the molecule is Cc1cn([C@@H]2C[C@@H](O)[C@H](COC(=O)NCCCCCCO[C@@H]3O[C@H](CO)[C@@H](O[C@@H]4O[C@H](CO)[C@H](O)[C@H](O)[C@H]4O)[C@H](O)[C@H]3O)O2)c(=O)[nH]c1=O. The van der Waals surface area contributed by atoms with Gasteiger partial charge in [-0.2, -0.15) is 0 Å². The number of ether oxygens (including phenoxy) is 6. The third kappa shape index (κ3) is 9.82. The molecule has 4 heterocycles. The maximum absolute atomic E-state index is 12.1. The quantitative estimate of drug-likeness (QED) is 0.0767. The summed E-state index contributed by atoms with van der Waals surface area (Å²) in [5, 5.41) is 83.5. The van der Waals surface area contributed by atoms with E-state index in [1.54, 1.807) is 0 Å². The summed E-state index contributed by atoms with van der Waals surface area (Å²) in [5.41, 5.74) is -0.891. The highest BCUT2D eigenvalue weighted by Crippen LogP contribution is 2.30. The number of hydrogen-bond donors (Lipinski definition) is 10. The van der Waals surface area contributed by atoms with Crippen molar-refractivity contribution in [1.29, 1.82) is 0 Å². The minimum atomic E-state index is -1.76. The molecule has 10 N–H and O–H groups in total. The molecule has 49 heavy (non-hydrogen) atoms. The Morgan fingerprint density at radius 1 is 0.878 bits per heavy atom. The van der Waals surface area contributed by atoms with Gasteiger partial charge in [0.05, 0.1) is 19.3 Å². The average Bonchev–Trinajstić information content (AvgIpc) is 3.45. The lowest BCUT2D eigenvalue weighted by atomic mass is 9.97. The van der Waals surface area contributed by atoms with Crippen LogP contribution in [0.1, 0.15) is 43.9 Å². The Morgan fingerprint density at radius 3 is 2.27 bits per heavy atom. The van der Waals surface area contributed by atoms with Crippen LogP contribution < -0.4 is 16.6 Å². The average molecular weight is 710 g/mol. The summed E-state index contributed by atoms with van der Waals surface area (Å²) in [6, 6.07) is 0. The minimum Gasteiger partial charge on any atom is -0.447 e. The normalized spacial score (nSPS) is 36.5. The van der Waals surface area contributed by atoms with Gasteiger partial charge in [-0.3, -0.25) is 14.3 Å². The van der Waals surface area contributed by atoms with Crippen LogP contribution in [0.5, 0.6) is 0 Å². The molecule has 3 fully saturated rings. The number of H-pyrrole nitrogens is 1. The highest BCUT2D eigenvalue weighted by Gasteiger charge is 2.50. The van der Waals surface area contributed by atoms with Gasteiger partial charge in [-0.25, -0.2) is 9.59 Å². The highest BCUT2D eigenvalue weighted by molar-refractivity contribution is 5.67. The maximum Gasteiger partial charge on any atom is 0.407 e. The van der Waals surface area contributed by atoms with Crippen LogP contribution in [0.4, 0.5) is 4.79 Å². The first-order valence-electron chi connectivity index (χ1n) is 16.1. The summed E-state index contributed by atoms with van der Waals surface area (Å²) in [4.78, 5) is 38.0. The molecule has 3 aliphatic heterocycles. The van der Waals surface area contributed by atoms with Crippen molar-refractivity contribution in [2.45, 2.75) is 119 Å². The van der Waals surface area contributed by atoms with E-state index in [0.717, 1.165) is 0 Å². The lowest BCUT2D eigenvalue weighted by Crippen LogP contribution is -2.64. The van der Waals surface area contributed by atoms with Crippen molar-refractivity contribution in [3.05, 3.63) is 32.6 Å². The highest BCUT2D eigenvalue weighted by atomic mass is 16.7. The monoisotopic (exact) mass is 709 g/mol. The molecule has 0 spiro atoms. The molecule has 0 saturated carbocycles. The van der Waals surface area contributed by atoms with Crippen molar-refractivity contribution in [3.63, 3.8) is 0 Å². The van der Waals surface area contributed by atoms with Gasteiger partial charge in [0, 0.05) is 31.3 Å². The van der Waals surface area contributed by atoms with Crippen LogP contribution in [0.3, 0.4) is 0 Å². The van der Waals surface area contributed by atoms with Gasteiger partial charge >= 0.3 is 11.8 Å². The van der Waals surface area contributed by atoms with E-state index < -0.39 is 110 Å². The number of rotatable bonds is 15. The topological polar surface area (TPSA) is 301 Å². The van der Waals surface area contributed by atoms with Crippen molar-refractivity contribution >= 4 is 6.09 Å². The number of carbonyl (C=O) groups excluding carboxylic acids is 1. The van der Waals surface area contributed by atoms with Crippen LogP contribution in [0.15, 0.2) is 15.8 Å². The molecule has 20 nitrogen and oxygen atoms in total. The van der Waals surface area contributed by atoms with Crippen LogP contribution in [-0.2, 0) is 28.4 Å². The number of carbonyl (C=O) groups is 1. The lowest BCUT2D eigenvalue weighted by molar-refractivity contribution is -0.359. The molecule has 0 bridgehead atoms. The number of unbranched alkanes of at least 4 members (excludes halogenated alkanes) is 3. The number of aliphatic hydroxyl groups is 8. The van der Waals surface area contributed by atoms with E-state index in [9.17, 15) is 55.2 Å². The standard InChI is InChI=1S/C29H47N3O17/c1-13-9-32(28(42)31-25(13)41)18-8-14(35)17(46-18)12-45-29(43)30-6-4-2-3-5-7-44-26-23(40)21(38)24(16(11-34)48-26)49-27-22(39)20(37)19(36)15(10-33)47-27/h9,14-24,26-27,33-40H,2-8,10-12H2,1H3,(H,30,43)(H,31,41,42)/t14-,15-,16-,17+,18+,19+,20+,21-,22-,23-,24-,26-,27+/m1/s1. The largest absolute Gasteiger partial charge is 0.447 e. The number of aryl methyl sites for hydroxylation is 1. The van der Waals surface area contributed by atoms with Crippen molar-refractivity contribution < 1.29 is 74.1 Å². The molecule has 1 aromatic heterocycles. The molecule has 1 aromatic rings. The number of nitrogens with one attached hydrogen (secondary N) is 2. The Bertz CT molecular complexity index is 1310. The summed E-state index contributed by atoms with van der Waals surface area (Å²) in [6.45, 7) is 0.329. The van der Waals surface area contributed by atoms with Gasteiger partial charge in [-0.15, -0.1) is 0 Å². The minimum absolute atomic E-state index is 0.0691. The second-order valence-corrected chi connectivity index (χ2v) is 12.2. The van der Waals surface area contributed by atoms with Gasteiger partial charge in [-0.1, -0.05) is 12.8 Å². The second-order valence-electron chi connectivity index (χ2n) is 12.2. The summed E-state index contributed by atoms with van der Waals surface area (Å²) < 4.78 is 33.9. The first-order chi connectivity index (χ1) is 23.4. The first kappa shape index (κ1) is 39.2. The van der Waals surface area contributed by atoms with Crippen LogP contribution in [0, 0.1) is 6.92 Å². The smallest absolute Gasteiger partial charge is 0.407 e. The van der Waals surface area contributed by atoms with Gasteiger partial charge in [0.25, 0.3) is 5.56 Å². The van der Waals surface area contributed by atoms with E-state index in [2.05, 4.69) is 10.3 Å². The summed E-state index contributed by atoms with van der Waals surface area (Å²) in [7, 11) is 0. The van der Waals surface area contributed by atoms with Crippen LogP contribution in [0.25, 0.3) is 0 Å². The van der Waals surface area contributed by atoms with Gasteiger partial charge in [0.15, 0.2) is 12.6 Å². The van der Waals surface area contributed by atoms with Crippen molar-refractivity contribution in [2.24, 2.45) is 0 Å². The van der Waals surface area contributed by atoms with E-state index >= 15 is 0 Å². The maximum atomic E-state index is 12.1. The third-order valence-electron chi connectivity index (χ3n) is 8.62. The molecular weight excluding hydrogens is 662 g/mol. The number of amides is 1.